The second kappa shape index (κ2) is 4.25. The fourth-order valence-electron chi connectivity index (χ4n) is 0.733. The van der Waals surface area contributed by atoms with Gasteiger partial charge in [-0.2, -0.15) is 0 Å². The highest BCUT2D eigenvalue weighted by molar-refractivity contribution is 9.09. The predicted molar refractivity (Wildman–Crippen MR) is 46.9 cm³/mol. The molecule has 1 amide bonds. The summed E-state index contributed by atoms with van der Waals surface area (Å²) in [7, 11) is 0. The van der Waals surface area contributed by atoms with E-state index in [1.165, 1.54) is 0 Å². The van der Waals surface area contributed by atoms with Crippen LogP contribution in [0.2, 0.25) is 0 Å². The van der Waals surface area contributed by atoms with Gasteiger partial charge in [-0.15, -0.1) is 0 Å². The van der Waals surface area contributed by atoms with Gasteiger partial charge in [0, 0.05) is 6.07 Å². The number of aryl methyl sites for hydroxylation is 1. The Morgan fingerprint density at radius 3 is 3.08 bits per heavy atom. The molecule has 0 aliphatic carbocycles. The van der Waals surface area contributed by atoms with Crippen molar-refractivity contribution in [2.75, 3.05) is 5.33 Å². The van der Waals surface area contributed by atoms with Gasteiger partial charge in [-0.05, 0) is 6.92 Å². The number of carbonyl (C=O) groups is 1. The number of rotatable bonds is 3. The molecule has 0 atom stereocenters. The van der Waals surface area contributed by atoms with Gasteiger partial charge in [0.05, 0.1) is 17.6 Å². The Bertz CT molecular complexity index is 272. The van der Waals surface area contributed by atoms with E-state index in [4.69, 9.17) is 4.52 Å². The molecule has 1 aromatic heterocycles. The summed E-state index contributed by atoms with van der Waals surface area (Å²) in [5, 5.41) is 6.63. The molecule has 12 heavy (non-hydrogen) atoms. The van der Waals surface area contributed by atoms with E-state index in [0.717, 1.165) is 5.69 Å². The third-order valence-electron chi connectivity index (χ3n) is 1.26. The van der Waals surface area contributed by atoms with Crippen LogP contribution >= 0.6 is 15.9 Å². The number of hydrogen-bond acceptors (Lipinski definition) is 3. The molecule has 0 radical (unpaired) electrons. The molecule has 0 fully saturated rings. The monoisotopic (exact) mass is 232 g/mol. The van der Waals surface area contributed by atoms with Crippen LogP contribution in [0, 0.1) is 6.92 Å². The average molecular weight is 233 g/mol. The third-order valence-corrected chi connectivity index (χ3v) is 1.77. The molecule has 0 aliphatic heterocycles. The zero-order chi connectivity index (χ0) is 8.97. The molecule has 5 heteroatoms. The molecule has 1 N–H and O–H groups in total. The Hall–Kier alpha value is -0.840. The maximum absolute atomic E-state index is 10.8. The number of aromatic nitrogens is 1. The summed E-state index contributed by atoms with van der Waals surface area (Å²) in [6.07, 6.45) is 0. The molecule has 66 valence electrons. The Morgan fingerprint density at radius 1 is 1.83 bits per heavy atom. The zero-order valence-corrected chi connectivity index (χ0v) is 8.22. The molecule has 1 heterocycles. The lowest BCUT2D eigenvalue weighted by Gasteiger charge is -1.96. The first-order valence-electron chi connectivity index (χ1n) is 3.47. The first-order valence-corrected chi connectivity index (χ1v) is 4.59. The lowest BCUT2D eigenvalue weighted by atomic mass is 10.4. The minimum absolute atomic E-state index is 0.0657. The quantitative estimate of drug-likeness (QED) is 0.792. The molecule has 0 saturated heterocycles. The van der Waals surface area contributed by atoms with E-state index in [1.54, 1.807) is 6.07 Å². The van der Waals surface area contributed by atoms with Crippen LogP contribution in [0.4, 0.5) is 0 Å². The number of nitrogens with zero attached hydrogens (tertiary/aromatic N) is 1. The summed E-state index contributed by atoms with van der Waals surface area (Å²) in [5.74, 6) is 0.603. The molecule has 0 saturated carbocycles. The van der Waals surface area contributed by atoms with Crippen LogP contribution in [0.25, 0.3) is 0 Å². The summed E-state index contributed by atoms with van der Waals surface area (Å²) >= 11 is 3.04. The van der Waals surface area contributed by atoms with E-state index in [-0.39, 0.29) is 5.91 Å². The summed E-state index contributed by atoms with van der Waals surface area (Å²) < 4.78 is 4.88. The van der Waals surface area contributed by atoms with Crippen LogP contribution in [-0.4, -0.2) is 16.4 Å². The summed E-state index contributed by atoms with van der Waals surface area (Å²) in [6, 6.07) is 1.79. The first-order chi connectivity index (χ1) is 5.72. The third kappa shape index (κ3) is 2.65. The minimum Gasteiger partial charge on any atom is -0.359 e. The highest BCUT2D eigenvalue weighted by Gasteiger charge is 2.02. The second-order valence-electron chi connectivity index (χ2n) is 2.34. The molecule has 0 aromatic carbocycles. The standard InChI is InChI=1S/C7H9BrN2O2/c1-5-2-6(12-10-5)4-9-7(11)3-8/h2H,3-4H2,1H3,(H,9,11). The topological polar surface area (TPSA) is 55.1 Å². The average Bonchev–Trinajstić information content (AvgIpc) is 2.47. The Labute approximate surface area is 78.4 Å². The molecule has 1 rings (SSSR count). The van der Waals surface area contributed by atoms with Crippen molar-refractivity contribution in [1.29, 1.82) is 0 Å². The van der Waals surface area contributed by atoms with E-state index in [1.807, 2.05) is 6.92 Å². The largest absolute Gasteiger partial charge is 0.359 e. The van der Waals surface area contributed by atoms with Gasteiger partial charge in [0.1, 0.15) is 0 Å². The van der Waals surface area contributed by atoms with Crippen molar-refractivity contribution in [3.05, 3.63) is 17.5 Å². The van der Waals surface area contributed by atoms with Gasteiger partial charge in [-0.3, -0.25) is 4.79 Å². The number of alkyl halides is 1. The van der Waals surface area contributed by atoms with E-state index in [0.29, 0.717) is 17.6 Å². The van der Waals surface area contributed by atoms with Gasteiger partial charge in [-0.25, -0.2) is 0 Å². The number of hydrogen-bond donors (Lipinski definition) is 1. The highest BCUT2D eigenvalue weighted by atomic mass is 79.9. The zero-order valence-electron chi connectivity index (χ0n) is 6.63. The summed E-state index contributed by atoms with van der Waals surface area (Å²) in [4.78, 5) is 10.8. The smallest absolute Gasteiger partial charge is 0.231 e. The summed E-state index contributed by atoms with van der Waals surface area (Å²) in [6.45, 7) is 2.23. The lowest BCUT2D eigenvalue weighted by molar-refractivity contribution is -0.118. The van der Waals surface area contributed by atoms with E-state index < -0.39 is 0 Å². The number of halogens is 1. The Morgan fingerprint density at radius 2 is 2.58 bits per heavy atom. The Balaban J connectivity index is 2.38. The molecule has 0 aliphatic rings. The maximum Gasteiger partial charge on any atom is 0.231 e. The number of amides is 1. The van der Waals surface area contributed by atoms with Crippen LogP contribution in [0.1, 0.15) is 11.5 Å². The van der Waals surface area contributed by atoms with Crippen molar-refractivity contribution < 1.29 is 9.32 Å². The summed E-state index contributed by atoms with van der Waals surface area (Å²) in [5.41, 5.74) is 0.818. The molecule has 0 unspecified atom stereocenters. The van der Waals surface area contributed by atoms with Crippen molar-refractivity contribution in [3.8, 4) is 0 Å². The van der Waals surface area contributed by atoms with E-state index in [9.17, 15) is 4.79 Å². The van der Waals surface area contributed by atoms with Crippen LogP contribution in [0.15, 0.2) is 10.6 Å². The van der Waals surface area contributed by atoms with Gasteiger partial charge in [0.25, 0.3) is 0 Å². The minimum atomic E-state index is -0.0657. The second-order valence-corrected chi connectivity index (χ2v) is 2.91. The van der Waals surface area contributed by atoms with Gasteiger partial charge in [0.15, 0.2) is 5.76 Å². The van der Waals surface area contributed by atoms with Crippen LogP contribution in [0.5, 0.6) is 0 Å². The van der Waals surface area contributed by atoms with Crippen LogP contribution in [-0.2, 0) is 11.3 Å². The molecule has 4 nitrogen and oxygen atoms in total. The van der Waals surface area contributed by atoms with Gasteiger partial charge in [-0.1, -0.05) is 21.1 Å². The first kappa shape index (κ1) is 9.25. The maximum atomic E-state index is 10.8. The fourth-order valence-corrected chi connectivity index (χ4v) is 0.931. The SMILES string of the molecule is Cc1cc(CNC(=O)CBr)on1. The molecule has 0 bridgehead atoms. The van der Waals surface area contributed by atoms with Crippen LogP contribution in [0.3, 0.4) is 0 Å². The highest BCUT2D eigenvalue weighted by Crippen LogP contribution is 2.00. The molecular formula is C7H9BrN2O2. The van der Waals surface area contributed by atoms with Crippen LogP contribution < -0.4 is 5.32 Å². The van der Waals surface area contributed by atoms with Crippen molar-refractivity contribution in [2.24, 2.45) is 0 Å². The molecule has 0 spiro atoms. The normalized spacial score (nSPS) is 9.83. The van der Waals surface area contributed by atoms with Crippen molar-refractivity contribution in [3.63, 3.8) is 0 Å². The number of carbonyl (C=O) groups excluding carboxylic acids is 1. The van der Waals surface area contributed by atoms with Gasteiger partial charge in [0.2, 0.25) is 5.91 Å². The fraction of sp³-hybridized carbons (Fsp3) is 0.429. The van der Waals surface area contributed by atoms with Gasteiger partial charge < -0.3 is 9.84 Å². The number of nitrogens with one attached hydrogen (secondary N) is 1. The molecule has 1 aromatic rings. The molecular weight excluding hydrogens is 224 g/mol. The Kier molecular flexibility index (Phi) is 3.28. The van der Waals surface area contributed by atoms with Crippen molar-refractivity contribution in [1.82, 2.24) is 10.5 Å². The van der Waals surface area contributed by atoms with Crippen molar-refractivity contribution in [2.45, 2.75) is 13.5 Å². The van der Waals surface area contributed by atoms with Crippen molar-refractivity contribution >= 4 is 21.8 Å². The van der Waals surface area contributed by atoms with E-state index >= 15 is 0 Å². The van der Waals surface area contributed by atoms with E-state index in [2.05, 4.69) is 26.4 Å². The predicted octanol–water partition coefficient (Wildman–Crippen LogP) is 0.994. The van der Waals surface area contributed by atoms with Gasteiger partial charge >= 0.3 is 0 Å². The lowest BCUT2D eigenvalue weighted by Crippen LogP contribution is -2.23.